The Morgan fingerprint density at radius 2 is 1.82 bits per heavy atom. The van der Waals surface area contributed by atoms with Crippen LogP contribution in [-0.4, -0.2) is 89.1 Å². The number of anilines is 1. The molecule has 0 aliphatic carbocycles. The number of halogens is 3. The van der Waals surface area contributed by atoms with Crippen LogP contribution in [0.15, 0.2) is 48.5 Å². The average Bonchev–Trinajstić information content (AvgIpc) is 3.62. The number of carbonyl (C=O) groups is 1. The molecule has 4 aromatic rings. The molecule has 6 rings (SSSR count). The molecule has 234 valence electrons. The summed E-state index contributed by atoms with van der Waals surface area (Å²) >= 11 is 1.18. The van der Waals surface area contributed by atoms with Crippen LogP contribution in [0.2, 0.25) is 0 Å². The second-order valence-corrected chi connectivity index (χ2v) is 12.5. The molecule has 2 aromatic carbocycles. The predicted octanol–water partition coefficient (Wildman–Crippen LogP) is 4.99. The first-order chi connectivity index (χ1) is 21.2. The first-order valence-electron chi connectivity index (χ1n) is 14.9. The van der Waals surface area contributed by atoms with Crippen LogP contribution in [0.5, 0.6) is 0 Å². The maximum atomic E-state index is 13.8. The third kappa shape index (κ3) is 7.40. The van der Waals surface area contributed by atoms with E-state index in [0.29, 0.717) is 45.4 Å². The molecule has 9 nitrogen and oxygen atoms in total. The van der Waals surface area contributed by atoms with Gasteiger partial charge in [-0.2, -0.15) is 13.2 Å². The molecule has 0 radical (unpaired) electrons. The van der Waals surface area contributed by atoms with Gasteiger partial charge in [-0.3, -0.25) is 9.69 Å². The van der Waals surface area contributed by atoms with E-state index in [1.54, 1.807) is 24.3 Å². The zero-order valence-electron chi connectivity index (χ0n) is 24.6. The number of aromatic nitrogens is 3. The fourth-order valence-electron chi connectivity index (χ4n) is 5.82. The third-order valence-corrected chi connectivity index (χ3v) is 9.09. The highest BCUT2D eigenvalue weighted by Crippen LogP contribution is 2.36. The molecule has 13 heteroatoms. The molecule has 2 aliphatic rings. The van der Waals surface area contributed by atoms with Crippen LogP contribution < -0.4 is 10.6 Å². The second-order valence-electron chi connectivity index (χ2n) is 11.5. The van der Waals surface area contributed by atoms with Gasteiger partial charge < -0.3 is 24.8 Å². The standard InChI is InChI=1S/C31H36F3N7O2S/c1-39-10-8-23(9-11-39)36-25-6-3-7-26-24(25)17-27(41(26)20-31(32,33)34)30-38-37-28(44-30)18-35-29(42)22-5-2-4-21(16-22)19-40-12-14-43-15-13-40/h2-7,16-17,23,36H,8-15,18-20H2,1H3,(H,35,42). The van der Waals surface area contributed by atoms with Gasteiger partial charge in [0, 0.05) is 42.3 Å². The lowest BCUT2D eigenvalue weighted by atomic mass is 10.0. The van der Waals surface area contributed by atoms with Crippen LogP contribution in [0, 0.1) is 0 Å². The molecule has 0 spiro atoms. The van der Waals surface area contributed by atoms with E-state index < -0.39 is 12.7 Å². The van der Waals surface area contributed by atoms with Crippen LogP contribution in [0.3, 0.4) is 0 Å². The SMILES string of the molecule is CN1CCC(Nc2cccc3c2cc(-c2nnc(CNC(=O)c4cccc(CN5CCOCC5)c4)s2)n3CC(F)(F)F)CC1. The van der Waals surface area contributed by atoms with Gasteiger partial charge in [0.15, 0.2) is 5.01 Å². The van der Waals surface area contributed by atoms with Gasteiger partial charge in [-0.25, -0.2) is 0 Å². The van der Waals surface area contributed by atoms with Crippen LogP contribution in [-0.2, 0) is 24.4 Å². The maximum Gasteiger partial charge on any atom is 0.406 e. The van der Waals surface area contributed by atoms with Crippen molar-refractivity contribution in [2.24, 2.45) is 0 Å². The number of benzene rings is 2. The number of morpholine rings is 1. The largest absolute Gasteiger partial charge is 0.406 e. The number of amides is 1. The molecule has 0 atom stereocenters. The second kappa shape index (κ2) is 13.2. The molecule has 2 saturated heterocycles. The predicted molar refractivity (Wildman–Crippen MR) is 165 cm³/mol. The van der Waals surface area contributed by atoms with Crippen molar-refractivity contribution >= 4 is 33.8 Å². The number of rotatable bonds is 9. The Morgan fingerprint density at radius 3 is 2.59 bits per heavy atom. The third-order valence-electron chi connectivity index (χ3n) is 8.15. The van der Waals surface area contributed by atoms with Gasteiger partial charge in [0.25, 0.3) is 5.91 Å². The van der Waals surface area contributed by atoms with Crippen molar-refractivity contribution in [3.8, 4) is 10.7 Å². The van der Waals surface area contributed by atoms with Crippen molar-refractivity contribution in [3.05, 3.63) is 64.7 Å². The van der Waals surface area contributed by atoms with Crippen molar-refractivity contribution < 1.29 is 22.7 Å². The Hall–Kier alpha value is -3.52. The summed E-state index contributed by atoms with van der Waals surface area (Å²) in [6, 6.07) is 14.9. The summed E-state index contributed by atoms with van der Waals surface area (Å²) in [7, 11) is 2.09. The van der Waals surface area contributed by atoms with Crippen LogP contribution >= 0.6 is 11.3 Å². The molecule has 2 aromatic heterocycles. The quantitative estimate of drug-likeness (QED) is 0.271. The van der Waals surface area contributed by atoms with E-state index >= 15 is 0 Å². The number of nitrogens with one attached hydrogen (secondary N) is 2. The highest BCUT2D eigenvalue weighted by atomic mass is 32.1. The van der Waals surface area contributed by atoms with Gasteiger partial charge in [0.05, 0.1) is 31.0 Å². The fraction of sp³-hybridized carbons (Fsp3) is 0.452. The Bertz CT molecular complexity index is 1590. The zero-order valence-corrected chi connectivity index (χ0v) is 25.4. The molecule has 0 bridgehead atoms. The monoisotopic (exact) mass is 627 g/mol. The van der Waals surface area contributed by atoms with E-state index in [0.717, 1.165) is 56.8 Å². The Labute approximate surface area is 258 Å². The Balaban J connectivity index is 1.18. The molecular weight excluding hydrogens is 591 g/mol. The first-order valence-corrected chi connectivity index (χ1v) is 15.7. The number of nitrogens with zero attached hydrogens (tertiary/aromatic N) is 5. The number of ether oxygens (including phenoxy) is 1. The Kier molecular flexibility index (Phi) is 9.17. The van der Waals surface area contributed by atoms with Crippen molar-refractivity contribution in [1.82, 2.24) is 29.9 Å². The lowest BCUT2D eigenvalue weighted by molar-refractivity contribution is -0.139. The summed E-state index contributed by atoms with van der Waals surface area (Å²) in [6.07, 6.45) is -2.49. The summed E-state index contributed by atoms with van der Waals surface area (Å²) < 4.78 is 47.9. The Morgan fingerprint density at radius 1 is 1.05 bits per heavy atom. The van der Waals surface area contributed by atoms with Crippen molar-refractivity contribution in [1.29, 1.82) is 0 Å². The summed E-state index contributed by atoms with van der Waals surface area (Å²) in [5.41, 5.74) is 3.22. The number of hydrogen-bond donors (Lipinski definition) is 2. The number of alkyl halides is 3. The molecule has 44 heavy (non-hydrogen) atoms. The van der Waals surface area contributed by atoms with Crippen LogP contribution in [0.25, 0.3) is 21.6 Å². The molecule has 2 fully saturated rings. The minimum Gasteiger partial charge on any atom is -0.382 e. The van der Waals surface area contributed by atoms with E-state index in [4.69, 9.17) is 4.74 Å². The van der Waals surface area contributed by atoms with Crippen LogP contribution in [0.1, 0.15) is 33.8 Å². The average molecular weight is 628 g/mol. The van der Waals surface area contributed by atoms with Crippen LogP contribution in [0.4, 0.5) is 18.9 Å². The first kappa shape index (κ1) is 30.5. The maximum absolute atomic E-state index is 13.8. The minimum absolute atomic E-state index is 0.118. The lowest BCUT2D eigenvalue weighted by Crippen LogP contribution is -2.36. The normalized spacial score (nSPS) is 17.3. The highest BCUT2D eigenvalue weighted by Gasteiger charge is 2.31. The molecule has 4 heterocycles. The summed E-state index contributed by atoms with van der Waals surface area (Å²) in [6.45, 7) is 4.78. The molecular formula is C31H36F3N7O2S. The summed E-state index contributed by atoms with van der Waals surface area (Å²) in [5, 5.41) is 16.5. The minimum atomic E-state index is -4.42. The molecule has 0 unspecified atom stereocenters. The summed E-state index contributed by atoms with van der Waals surface area (Å²) in [4.78, 5) is 17.5. The van der Waals surface area contributed by atoms with Crippen molar-refractivity contribution in [3.63, 3.8) is 0 Å². The number of fused-ring (bicyclic) bond motifs is 1. The van der Waals surface area contributed by atoms with Gasteiger partial charge in [-0.05, 0) is 68.9 Å². The topological polar surface area (TPSA) is 87.6 Å². The number of piperidine rings is 1. The van der Waals surface area contributed by atoms with Gasteiger partial charge in [0.2, 0.25) is 0 Å². The van der Waals surface area contributed by atoms with E-state index in [9.17, 15) is 18.0 Å². The highest BCUT2D eigenvalue weighted by molar-refractivity contribution is 7.14. The van der Waals surface area contributed by atoms with Gasteiger partial charge in [-0.15, -0.1) is 10.2 Å². The van der Waals surface area contributed by atoms with Gasteiger partial charge in [-0.1, -0.05) is 29.5 Å². The molecule has 2 N–H and O–H groups in total. The molecule has 1 amide bonds. The van der Waals surface area contributed by atoms with E-state index in [2.05, 4.69) is 37.7 Å². The van der Waals surface area contributed by atoms with Crippen molar-refractivity contribution in [2.45, 2.75) is 44.7 Å². The molecule has 2 aliphatic heterocycles. The van der Waals surface area contributed by atoms with E-state index in [-0.39, 0.29) is 18.5 Å². The molecule has 0 saturated carbocycles. The number of likely N-dealkylation sites (tertiary alicyclic amines) is 1. The summed E-state index contributed by atoms with van der Waals surface area (Å²) in [5.74, 6) is -0.249. The smallest absolute Gasteiger partial charge is 0.382 e. The fourth-order valence-corrected chi connectivity index (χ4v) is 6.63. The van der Waals surface area contributed by atoms with E-state index in [1.165, 1.54) is 15.9 Å². The lowest BCUT2D eigenvalue weighted by Gasteiger charge is -2.30. The van der Waals surface area contributed by atoms with Crippen molar-refractivity contribution in [2.75, 3.05) is 51.8 Å². The van der Waals surface area contributed by atoms with Gasteiger partial charge >= 0.3 is 6.18 Å². The van der Waals surface area contributed by atoms with E-state index in [1.807, 2.05) is 24.3 Å². The number of carbonyl (C=O) groups excluding carboxylic acids is 1. The number of hydrogen-bond acceptors (Lipinski definition) is 8. The van der Waals surface area contributed by atoms with Gasteiger partial charge in [0.1, 0.15) is 11.6 Å². The zero-order chi connectivity index (χ0) is 30.7.